The zero-order valence-electron chi connectivity index (χ0n) is 12.1. The van der Waals surface area contributed by atoms with Crippen molar-refractivity contribution in [1.82, 2.24) is 0 Å². The number of rotatable bonds is 6. The molecule has 8 heteroatoms. The highest BCUT2D eigenvalue weighted by molar-refractivity contribution is 7.92. The van der Waals surface area contributed by atoms with Crippen LogP contribution in [0.3, 0.4) is 0 Å². The first-order valence-electron chi connectivity index (χ1n) is 6.49. The Morgan fingerprint density at radius 1 is 1.22 bits per heavy atom. The smallest absolute Gasteiger partial charge is 0.324 e. The van der Waals surface area contributed by atoms with E-state index in [1.165, 1.54) is 31.4 Å². The highest BCUT2D eigenvalue weighted by Gasteiger charge is 2.28. The quantitative estimate of drug-likeness (QED) is 0.861. The number of ether oxygens (including phenoxy) is 1. The summed E-state index contributed by atoms with van der Waals surface area (Å²) in [5, 5.41) is 9.20. The number of anilines is 1. The number of benzene rings is 2. The number of carboxylic acid groups (broad SMARTS) is 1. The molecule has 0 atom stereocenters. The number of aliphatic carboxylic acids is 1. The maximum absolute atomic E-state index is 12.8. The Hall–Kier alpha value is -2.25. The molecule has 0 bridgehead atoms. The lowest BCUT2D eigenvalue weighted by Gasteiger charge is -2.24. The molecule has 0 amide bonds. The summed E-state index contributed by atoms with van der Waals surface area (Å²) in [7, 11) is -2.67. The fraction of sp³-hybridized carbons (Fsp3) is 0.133. The Bertz CT molecular complexity index is 808. The predicted octanol–water partition coefficient (Wildman–Crippen LogP) is 2.63. The van der Waals surface area contributed by atoms with E-state index >= 15 is 0 Å². The highest BCUT2D eigenvalue weighted by Crippen LogP contribution is 2.33. The van der Waals surface area contributed by atoms with Crippen molar-refractivity contribution < 1.29 is 23.1 Å². The average Bonchev–Trinajstić information content (AvgIpc) is 2.54. The van der Waals surface area contributed by atoms with E-state index in [2.05, 4.69) is 0 Å². The van der Waals surface area contributed by atoms with Crippen LogP contribution in [0.1, 0.15) is 0 Å². The molecule has 0 saturated carbocycles. The Morgan fingerprint density at radius 3 is 2.43 bits per heavy atom. The third kappa shape index (κ3) is 3.75. The molecule has 0 spiro atoms. The molecule has 0 aliphatic carbocycles. The largest absolute Gasteiger partial charge is 0.497 e. The van der Waals surface area contributed by atoms with Gasteiger partial charge >= 0.3 is 5.97 Å². The first-order chi connectivity index (χ1) is 10.9. The van der Waals surface area contributed by atoms with Crippen LogP contribution >= 0.6 is 11.6 Å². The Kier molecular flexibility index (Phi) is 5.12. The van der Waals surface area contributed by atoms with Crippen LogP contribution in [-0.2, 0) is 14.8 Å². The van der Waals surface area contributed by atoms with Crippen LogP contribution in [0.25, 0.3) is 0 Å². The van der Waals surface area contributed by atoms with Crippen molar-refractivity contribution in [1.29, 1.82) is 0 Å². The lowest BCUT2D eigenvalue weighted by atomic mass is 10.3. The first-order valence-corrected chi connectivity index (χ1v) is 8.31. The molecule has 0 aromatic heterocycles. The SMILES string of the molecule is COc1ccc(Cl)c(N(CC(=O)O)S(=O)(=O)c2ccccc2)c1. The second kappa shape index (κ2) is 6.89. The minimum absolute atomic E-state index is 0.0277. The van der Waals surface area contributed by atoms with Crippen molar-refractivity contribution in [3.63, 3.8) is 0 Å². The summed E-state index contributed by atoms with van der Waals surface area (Å²) >= 11 is 6.07. The van der Waals surface area contributed by atoms with Crippen molar-refractivity contribution in [2.45, 2.75) is 4.90 Å². The summed E-state index contributed by atoms with van der Waals surface area (Å²) < 4.78 is 31.4. The average molecular weight is 356 g/mol. The minimum Gasteiger partial charge on any atom is -0.497 e. The van der Waals surface area contributed by atoms with Crippen molar-refractivity contribution in [3.8, 4) is 5.75 Å². The normalized spacial score (nSPS) is 11.0. The van der Waals surface area contributed by atoms with E-state index in [9.17, 15) is 13.2 Å². The third-order valence-corrected chi connectivity index (χ3v) is 5.13. The van der Waals surface area contributed by atoms with Crippen LogP contribution in [0, 0.1) is 0 Å². The number of carbonyl (C=O) groups is 1. The maximum Gasteiger partial charge on any atom is 0.324 e. The molecule has 2 aromatic rings. The Balaban J connectivity index is 2.61. The van der Waals surface area contributed by atoms with Crippen molar-refractivity contribution in [2.75, 3.05) is 18.0 Å². The first kappa shape index (κ1) is 17.1. The summed E-state index contributed by atoms with van der Waals surface area (Å²) in [6, 6.07) is 11.9. The summed E-state index contributed by atoms with van der Waals surface area (Å²) in [4.78, 5) is 11.1. The predicted molar refractivity (Wildman–Crippen MR) is 86.6 cm³/mol. The molecule has 2 rings (SSSR count). The van der Waals surface area contributed by atoms with Crippen LogP contribution in [0.15, 0.2) is 53.4 Å². The van der Waals surface area contributed by atoms with Gasteiger partial charge in [-0.25, -0.2) is 8.42 Å². The zero-order chi connectivity index (χ0) is 17.0. The van der Waals surface area contributed by atoms with E-state index in [1.54, 1.807) is 24.3 Å². The van der Waals surface area contributed by atoms with Gasteiger partial charge in [0.15, 0.2) is 0 Å². The molecule has 6 nitrogen and oxygen atoms in total. The number of carboxylic acids is 1. The number of hydrogen-bond donors (Lipinski definition) is 1. The van der Waals surface area contributed by atoms with Crippen LogP contribution in [0.4, 0.5) is 5.69 Å². The van der Waals surface area contributed by atoms with Crippen LogP contribution in [0.5, 0.6) is 5.75 Å². The molecule has 0 radical (unpaired) electrons. The molecule has 0 unspecified atom stereocenters. The molecule has 0 aliphatic heterocycles. The van der Waals surface area contributed by atoms with E-state index in [0.717, 1.165) is 4.31 Å². The molecule has 122 valence electrons. The Labute approximate surface area is 138 Å². The van der Waals surface area contributed by atoms with Gasteiger partial charge in [-0.2, -0.15) is 0 Å². The topological polar surface area (TPSA) is 83.9 Å². The molecule has 0 aliphatic rings. The number of methoxy groups -OCH3 is 1. The minimum atomic E-state index is -4.08. The Morgan fingerprint density at radius 2 is 1.87 bits per heavy atom. The van der Waals surface area contributed by atoms with Gasteiger partial charge in [-0.3, -0.25) is 9.10 Å². The summed E-state index contributed by atoms with van der Waals surface area (Å²) in [5.41, 5.74) is 0.0391. The lowest BCUT2D eigenvalue weighted by Crippen LogP contribution is -2.36. The van der Waals surface area contributed by atoms with Crippen LogP contribution in [-0.4, -0.2) is 33.1 Å². The highest BCUT2D eigenvalue weighted by atomic mass is 35.5. The van der Waals surface area contributed by atoms with E-state index in [-0.39, 0.29) is 15.6 Å². The molecule has 1 N–H and O–H groups in total. The number of nitrogens with zero attached hydrogens (tertiary/aromatic N) is 1. The molecule has 23 heavy (non-hydrogen) atoms. The molecule has 0 heterocycles. The molecule has 2 aromatic carbocycles. The number of hydrogen-bond acceptors (Lipinski definition) is 4. The lowest BCUT2D eigenvalue weighted by molar-refractivity contribution is -0.135. The van der Waals surface area contributed by atoms with Crippen LogP contribution in [0.2, 0.25) is 5.02 Å². The number of sulfonamides is 1. The summed E-state index contributed by atoms with van der Waals surface area (Å²) in [6.45, 7) is -0.760. The van der Waals surface area contributed by atoms with Crippen molar-refractivity contribution in [2.24, 2.45) is 0 Å². The van der Waals surface area contributed by atoms with Gasteiger partial charge < -0.3 is 9.84 Å². The van der Waals surface area contributed by atoms with Gasteiger partial charge in [-0.05, 0) is 24.3 Å². The van der Waals surface area contributed by atoms with Crippen LogP contribution < -0.4 is 9.04 Å². The standard InChI is InChI=1S/C15H14ClNO5S/c1-22-11-7-8-13(16)14(9-11)17(10-15(18)19)23(20,21)12-5-3-2-4-6-12/h2-9H,10H2,1H3,(H,18,19). The summed E-state index contributed by atoms with van der Waals surface area (Å²) in [5.74, 6) is -0.938. The number of halogens is 1. The summed E-state index contributed by atoms with van der Waals surface area (Å²) in [6.07, 6.45) is 0. The third-order valence-electron chi connectivity index (χ3n) is 3.03. The van der Waals surface area contributed by atoms with Gasteiger partial charge in [0.05, 0.1) is 22.7 Å². The maximum atomic E-state index is 12.8. The zero-order valence-corrected chi connectivity index (χ0v) is 13.7. The second-order valence-corrected chi connectivity index (χ2v) is 6.81. The molecular weight excluding hydrogens is 342 g/mol. The fourth-order valence-corrected chi connectivity index (χ4v) is 3.67. The van der Waals surface area contributed by atoms with Gasteiger partial charge in [-0.1, -0.05) is 29.8 Å². The molecule has 0 fully saturated rings. The fourth-order valence-electron chi connectivity index (χ4n) is 1.95. The van der Waals surface area contributed by atoms with E-state index in [0.29, 0.717) is 5.75 Å². The van der Waals surface area contributed by atoms with Crippen molar-refractivity contribution >= 4 is 33.3 Å². The van der Waals surface area contributed by atoms with Gasteiger partial charge in [0.25, 0.3) is 10.0 Å². The van der Waals surface area contributed by atoms with E-state index < -0.39 is 22.5 Å². The van der Waals surface area contributed by atoms with Gasteiger partial charge in [0.2, 0.25) is 0 Å². The van der Waals surface area contributed by atoms with E-state index in [1.807, 2.05) is 0 Å². The molecular formula is C15H14ClNO5S. The van der Waals surface area contributed by atoms with E-state index in [4.69, 9.17) is 21.4 Å². The van der Waals surface area contributed by atoms with Crippen molar-refractivity contribution in [3.05, 3.63) is 53.6 Å². The second-order valence-electron chi connectivity index (χ2n) is 4.54. The van der Waals surface area contributed by atoms with Gasteiger partial charge in [-0.15, -0.1) is 0 Å². The monoisotopic (exact) mass is 355 g/mol. The van der Waals surface area contributed by atoms with Gasteiger partial charge in [0, 0.05) is 6.07 Å². The van der Waals surface area contributed by atoms with Gasteiger partial charge in [0.1, 0.15) is 12.3 Å². The molecule has 0 saturated heterocycles.